The molecule has 0 saturated carbocycles. The molecule has 0 unspecified atom stereocenters. The minimum Gasteiger partial charge on any atom is -0.344 e. The van der Waals surface area contributed by atoms with E-state index in [1.807, 2.05) is 26.2 Å². The number of nitrogens with zero attached hydrogens (tertiary/aromatic N) is 4. The van der Waals surface area contributed by atoms with Gasteiger partial charge in [-0.15, -0.1) is 5.10 Å². The summed E-state index contributed by atoms with van der Waals surface area (Å²) >= 11 is 0. The number of H-pyrrole nitrogens is 1. The molecule has 2 N–H and O–H groups in total. The number of aromatic nitrogens is 5. The predicted molar refractivity (Wildman–Crippen MR) is 60.1 cm³/mol. The molecule has 0 spiro atoms. The Bertz CT molecular complexity index is 514. The molecule has 2 rings (SSSR count). The summed E-state index contributed by atoms with van der Waals surface area (Å²) in [4.78, 5) is 15.7. The number of carbonyl (C=O) groups excluding carboxylic acids is 1. The van der Waals surface area contributed by atoms with Crippen molar-refractivity contribution >= 4 is 5.91 Å². The lowest BCUT2D eigenvalue weighted by molar-refractivity contribution is 0.0940. The average molecular weight is 234 g/mol. The zero-order valence-electron chi connectivity index (χ0n) is 9.77. The summed E-state index contributed by atoms with van der Waals surface area (Å²) in [5, 5.41) is 13.4. The van der Waals surface area contributed by atoms with Crippen molar-refractivity contribution in [1.29, 1.82) is 0 Å². The Morgan fingerprint density at radius 1 is 1.59 bits per heavy atom. The molecule has 0 aromatic carbocycles. The number of aryl methyl sites for hydroxylation is 2. The number of hydrogen-bond donors (Lipinski definition) is 2. The number of hydrogen-bond acceptors (Lipinski definition) is 4. The van der Waals surface area contributed by atoms with Crippen LogP contribution in [0.15, 0.2) is 12.3 Å². The summed E-state index contributed by atoms with van der Waals surface area (Å²) in [5.41, 5.74) is 0.798. The van der Waals surface area contributed by atoms with E-state index in [-0.39, 0.29) is 11.7 Å². The van der Waals surface area contributed by atoms with Crippen LogP contribution in [0.5, 0.6) is 0 Å². The van der Waals surface area contributed by atoms with Crippen molar-refractivity contribution < 1.29 is 4.79 Å². The molecule has 17 heavy (non-hydrogen) atoms. The summed E-state index contributed by atoms with van der Waals surface area (Å²) in [5.74, 6) is 0.567. The Labute approximate surface area is 98.2 Å². The molecular formula is C10H14N6O. The predicted octanol–water partition coefficient (Wildman–Crippen LogP) is 0.0306. The van der Waals surface area contributed by atoms with Gasteiger partial charge in [0.1, 0.15) is 5.82 Å². The number of aromatic amines is 1. The minimum atomic E-state index is -0.299. The van der Waals surface area contributed by atoms with Gasteiger partial charge in [0.05, 0.1) is 12.2 Å². The highest BCUT2D eigenvalue weighted by Gasteiger charge is 2.11. The summed E-state index contributed by atoms with van der Waals surface area (Å²) < 4.78 is 1.68. The standard InChI is InChI=1S/C10H14N6O/c1-3-8-12-9(14-13-8)10(17)11-6-7-4-5-16(2)15-7/h4-5H,3,6H2,1-2H3,(H,11,17)(H,12,13,14). The minimum absolute atomic E-state index is 0.165. The maximum absolute atomic E-state index is 11.7. The van der Waals surface area contributed by atoms with E-state index in [0.29, 0.717) is 12.4 Å². The molecule has 7 nitrogen and oxygen atoms in total. The topological polar surface area (TPSA) is 88.5 Å². The maximum atomic E-state index is 11.7. The Morgan fingerprint density at radius 3 is 3.00 bits per heavy atom. The zero-order chi connectivity index (χ0) is 12.3. The second kappa shape index (κ2) is 4.77. The van der Waals surface area contributed by atoms with Crippen LogP contribution < -0.4 is 5.32 Å². The van der Waals surface area contributed by atoms with Crippen molar-refractivity contribution in [1.82, 2.24) is 30.3 Å². The number of rotatable bonds is 4. The van der Waals surface area contributed by atoms with Gasteiger partial charge in [-0.25, -0.2) is 4.98 Å². The second-order valence-electron chi connectivity index (χ2n) is 3.62. The van der Waals surface area contributed by atoms with Crippen LogP contribution in [0.4, 0.5) is 0 Å². The van der Waals surface area contributed by atoms with Gasteiger partial charge in [0.15, 0.2) is 0 Å². The maximum Gasteiger partial charge on any atom is 0.291 e. The molecule has 0 aliphatic heterocycles. The second-order valence-corrected chi connectivity index (χ2v) is 3.62. The Balaban J connectivity index is 1.93. The van der Waals surface area contributed by atoms with Gasteiger partial charge in [-0.05, 0) is 6.07 Å². The molecule has 0 radical (unpaired) electrons. The van der Waals surface area contributed by atoms with E-state index in [4.69, 9.17) is 0 Å². The van der Waals surface area contributed by atoms with E-state index in [9.17, 15) is 4.79 Å². The largest absolute Gasteiger partial charge is 0.344 e. The smallest absolute Gasteiger partial charge is 0.291 e. The molecule has 1 amide bonds. The van der Waals surface area contributed by atoms with Gasteiger partial charge >= 0.3 is 0 Å². The normalized spacial score (nSPS) is 10.5. The molecule has 7 heteroatoms. The van der Waals surface area contributed by atoms with E-state index < -0.39 is 0 Å². The third-order valence-electron chi connectivity index (χ3n) is 2.27. The first kappa shape index (κ1) is 11.3. The summed E-state index contributed by atoms with van der Waals surface area (Å²) in [6.07, 6.45) is 2.55. The molecule has 0 aliphatic rings. The fraction of sp³-hybridized carbons (Fsp3) is 0.400. The molecule has 90 valence electrons. The van der Waals surface area contributed by atoms with Crippen molar-refractivity contribution in [3.05, 3.63) is 29.6 Å². The Kier molecular flexibility index (Phi) is 3.17. The van der Waals surface area contributed by atoms with Crippen molar-refractivity contribution in [3.63, 3.8) is 0 Å². The van der Waals surface area contributed by atoms with Crippen LogP contribution in [0.3, 0.4) is 0 Å². The first-order chi connectivity index (χ1) is 8.19. The average Bonchev–Trinajstić information content (AvgIpc) is 2.94. The quantitative estimate of drug-likeness (QED) is 0.781. The Hall–Kier alpha value is -2.18. The molecule has 0 bridgehead atoms. The summed E-state index contributed by atoms with van der Waals surface area (Å²) in [6, 6.07) is 1.84. The van der Waals surface area contributed by atoms with Gasteiger partial charge in [-0.3, -0.25) is 14.6 Å². The Morgan fingerprint density at radius 2 is 2.41 bits per heavy atom. The van der Waals surface area contributed by atoms with E-state index >= 15 is 0 Å². The van der Waals surface area contributed by atoms with Crippen molar-refractivity contribution in [2.75, 3.05) is 0 Å². The number of amides is 1. The van der Waals surface area contributed by atoms with Crippen LogP contribution in [0.25, 0.3) is 0 Å². The first-order valence-electron chi connectivity index (χ1n) is 5.37. The molecule has 0 saturated heterocycles. The van der Waals surface area contributed by atoms with Crippen molar-refractivity contribution in [3.8, 4) is 0 Å². The van der Waals surface area contributed by atoms with Crippen LogP contribution in [-0.2, 0) is 20.0 Å². The summed E-state index contributed by atoms with van der Waals surface area (Å²) in [7, 11) is 1.83. The number of carbonyl (C=O) groups is 1. The van der Waals surface area contributed by atoms with Crippen LogP contribution in [0.1, 0.15) is 29.1 Å². The van der Waals surface area contributed by atoms with Crippen LogP contribution >= 0.6 is 0 Å². The lowest BCUT2D eigenvalue weighted by Crippen LogP contribution is -2.24. The highest BCUT2D eigenvalue weighted by atomic mass is 16.2. The fourth-order valence-corrected chi connectivity index (χ4v) is 1.36. The lowest BCUT2D eigenvalue weighted by Gasteiger charge is -1.98. The van der Waals surface area contributed by atoms with Gasteiger partial charge in [0.25, 0.3) is 5.91 Å². The van der Waals surface area contributed by atoms with Crippen LogP contribution in [0.2, 0.25) is 0 Å². The van der Waals surface area contributed by atoms with E-state index in [1.54, 1.807) is 4.68 Å². The van der Waals surface area contributed by atoms with Crippen molar-refractivity contribution in [2.24, 2.45) is 7.05 Å². The van der Waals surface area contributed by atoms with Gasteiger partial charge in [0, 0.05) is 19.7 Å². The molecule has 0 atom stereocenters. The molecule has 0 fully saturated rings. The van der Waals surface area contributed by atoms with E-state index in [2.05, 4.69) is 25.6 Å². The van der Waals surface area contributed by atoms with Gasteiger partial charge < -0.3 is 5.32 Å². The number of nitrogens with one attached hydrogen (secondary N) is 2. The monoisotopic (exact) mass is 234 g/mol. The molecule has 2 aromatic heterocycles. The van der Waals surface area contributed by atoms with E-state index in [0.717, 1.165) is 12.1 Å². The van der Waals surface area contributed by atoms with Crippen LogP contribution in [-0.4, -0.2) is 30.9 Å². The fourth-order valence-electron chi connectivity index (χ4n) is 1.36. The van der Waals surface area contributed by atoms with Crippen LogP contribution in [0, 0.1) is 0 Å². The van der Waals surface area contributed by atoms with Gasteiger partial charge in [-0.2, -0.15) is 5.10 Å². The third kappa shape index (κ3) is 2.68. The molecule has 2 aromatic rings. The lowest BCUT2D eigenvalue weighted by atomic mass is 10.4. The SMILES string of the molecule is CCc1nc(C(=O)NCc2ccn(C)n2)n[nH]1. The highest BCUT2D eigenvalue weighted by Crippen LogP contribution is 1.96. The van der Waals surface area contributed by atoms with Crippen molar-refractivity contribution in [2.45, 2.75) is 19.9 Å². The molecular weight excluding hydrogens is 220 g/mol. The first-order valence-corrected chi connectivity index (χ1v) is 5.37. The highest BCUT2D eigenvalue weighted by molar-refractivity contribution is 5.90. The van der Waals surface area contributed by atoms with Gasteiger partial charge in [-0.1, -0.05) is 6.92 Å². The summed E-state index contributed by atoms with van der Waals surface area (Å²) in [6.45, 7) is 2.31. The van der Waals surface area contributed by atoms with Gasteiger partial charge in [0.2, 0.25) is 5.82 Å². The molecule has 0 aliphatic carbocycles. The zero-order valence-corrected chi connectivity index (χ0v) is 9.77. The van der Waals surface area contributed by atoms with E-state index in [1.165, 1.54) is 0 Å². The molecule has 2 heterocycles. The third-order valence-corrected chi connectivity index (χ3v) is 2.27.